The number of ether oxygens (including phenoxy) is 3. The highest BCUT2D eigenvalue weighted by Gasteiger charge is 2.44. The molecule has 1 fully saturated rings. The van der Waals surface area contributed by atoms with Crippen LogP contribution in [0.3, 0.4) is 0 Å². The summed E-state index contributed by atoms with van der Waals surface area (Å²) >= 11 is 0. The number of unbranched alkanes of at least 4 members (excludes halogenated alkanes) is 34. The van der Waals surface area contributed by atoms with E-state index in [2.05, 4.69) is 42.6 Å². The Morgan fingerprint density at radius 1 is 0.514 bits per heavy atom. The number of nitrogens with one attached hydrogen (secondary N) is 1. The molecular formula is C63H115NO10. The Bertz CT molecular complexity index is 1370. The van der Waals surface area contributed by atoms with Gasteiger partial charge in [-0.2, -0.15) is 0 Å². The monoisotopic (exact) mass is 1050 g/mol. The Morgan fingerprint density at radius 2 is 0.932 bits per heavy atom. The number of aliphatic hydroxyl groups excluding tert-OH is 5. The van der Waals surface area contributed by atoms with Gasteiger partial charge in [0.2, 0.25) is 5.91 Å². The van der Waals surface area contributed by atoms with Crippen molar-refractivity contribution in [2.45, 2.75) is 320 Å². The Balaban J connectivity index is 2.00. The van der Waals surface area contributed by atoms with E-state index in [4.69, 9.17) is 14.2 Å². The van der Waals surface area contributed by atoms with E-state index in [1.807, 2.05) is 19.1 Å². The lowest BCUT2D eigenvalue weighted by molar-refractivity contribution is -0.302. The van der Waals surface area contributed by atoms with Crippen LogP contribution in [0.2, 0.25) is 0 Å². The number of esters is 1. The molecule has 1 aliphatic rings. The van der Waals surface area contributed by atoms with E-state index in [0.717, 1.165) is 83.5 Å². The van der Waals surface area contributed by atoms with Gasteiger partial charge < -0.3 is 45.1 Å². The van der Waals surface area contributed by atoms with Crippen molar-refractivity contribution in [2.75, 3.05) is 19.8 Å². The largest absolute Gasteiger partial charge is 0.466 e. The van der Waals surface area contributed by atoms with Crippen LogP contribution in [0, 0.1) is 0 Å². The van der Waals surface area contributed by atoms with Gasteiger partial charge in [-0.3, -0.25) is 9.59 Å². The molecule has 432 valence electrons. The van der Waals surface area contributed by atoms with Crippen molar-refractivity contribution in [3.05, 3.63) is 48.6 Å². The third kappa shape index (κ3) is 41.7. The smallest absolute Gasteiger partial charge is 0.305 e. The third-order valence-electron chi connectivity index (χ3n) is 14.5. The molecule has 11 nitrogen and oxygen atoms in total. The van der Waals surface area contributed by atoms with Gasteiger partial charge in [-0.25, -0.2) is 0 Å². The number of hydrogen-bond donors (Lipinski definition) is 6. The van der Waals surface area contributed by atoms with Crippen molar-refractivity contribution >= 4 is 11.9 Å². The molecule has 0 aromatic heterocycles. The number of carbonyl (C=O) groups is 2. The molecule has 1 rings (SSSR count). The van der Waals surface area contributed by atoms with Crippen molar-refractivity contribution in [1.29, 1.82) is 0 Å². The second kappa shape index (κ2) is 52.7. The first-order valence-corrected chi connectivity index (χ1v) is 30.9. The van der Waals surface area contributed by atoms with Gasteiger partial charge in [0.05, 0.1) is 32.0 Å². The summed E-state index contributed by atoms with van der Waals surface area (Å²) in [4.78, 5) is 25.1. The molecule has 1 amide bonds. The van der Waals surface area contributed by atoms with Gasteiger partial charge in [-0.15, -0.1) is 0 Å². The average molecular weight is 1050 g/mol. The lowest BCUT2D eigenvalue weighted by atomic mass is 9.99. The van der Waals surface area contributed by atoms with Crippen molar-refractivity contribution in [3.63, 3.8) is 0 Å². The van der Waals surface area contributed by atoms with Crippen LogP contribution in [0.15, 0.2) is 48.6 Å². The molecule has 0 spiro atoms. The van der Waals surface area contributed by atoms with Crippen LogP contribution in [0.25, 0.3) is 0 Å². The molecule has 1 saturated heterocycles. The van der Waals surface area contributed by atoms with Gasteiger partial charge in [0.1, 0.15) is 24.4 Å². The highest BCUT2D eigenvalue weighted by Crippen LogP contribution is 2.23. The number of allylic oxidation sites excluding steroid dienone is 7. The summed E-state index contributed by atoms with van der Waals surface area (Å²) in [6.45, 7) is 4.09. The highest BCUT2D eigenvalue weighted by molar-refractivity contribution is 5.76. The quantitative estimate of drug-likeness (QED) is 0.0195. The zero-order valence-electron chi connectivity index (χ0n) is 47.6. The van der Waals surface area contributed by atoms with E-state index in [0.29, 0.717) is 19.4 Å². The molecule has 0 aromatic rings. The number of aliphatic hydroxyl groups is 5. The summed E-state index contributed by atoms with van der Waals surface area (Å²) < 4.78 is 16.7. The predicted molar refractivity (Wildman–Crippen MR) is 306 cm³/mol. The SMILES string of the molecule is C/C=C/CC/C=C/CC/C=C/C(O)C(COC1OC(CO)C(O)C(O)C1O)NC(=O)CCCCCCCCC/C=C\CCCCCCCCCCCCCOC(=O)CCCCCCCCCCCCCCCCC. The molecule has 0 aromatic carbocycles. The van der Waals surface area contributed by atoms with Gasteiger partial charge in [-0.05, 0) is 77.6 Å². The van der Waals surface area contributed by atoms with Crippen LogP contribution in [0.1, 0.15) is 277 Å². The number of rotatable bonds is 53. The molecule has 1 heterocycles. The number of amides is 1. The van der Waals surface area contributed by atoms with Crippen molar-refractivity contribution in [1.82, 2.24) is 5.32 Å². The predicted octanol–water partition coefficient (Wildman–Crippen LogP) is 14.5. The topological polar surface area (TPSA) is 175 Å². The maximum Gasteiger partial charge on any atom is 0.305 e. The van der Waals surface area contributed by atoms with Crippen LogP contribution >= 0.6 is 0 Å². The maximum absolute atomic E-state index is 13.0. The van der Waals surface area contributed by atoms with Crippen LogP contribution in [0.4, 0.5) is 0 Å². The second-order valence-corrected chi connectivity index (χ2v) is 21.4. The third-order valence-corrected chi connectivity index (χ3v) is 14.5. The van der Waals surface area contributed by atoms with E-state index in [9.17, 15) is 35.1 Å². The fourth-order valence-corrected chi connectivity index (χ4v) is 9.59. The lowest BCUT2D eigenvalue weighted by Crippen LogP contribution is -2.60. The lowest BCUT2D eigenvalue weighted by Gasteiger charge is -2.40. The van der Waals surface area contributed by atoms with E-state index < -0.39 is 49.5 Å². The fraction of sp³-hybridized carbons (Fsp3) is 0.841. The number of hydrogen-bond acceptors (Lipinski definition) is 10. The van der Waals surface area contributed by atoms with Crippen LogP contribution in [-0.4, -0.2) is 100 Å². The van der Waals surface area contributed by atoms with Gasteiger partial charge in [0.15, 0.2) is 6.29 Å². The van der Waals surface area contributed by atoms with Crippen LogP contribution in [-0.2, 0) is 23.8 Å². The molecule has 74 heavy (non-hydrogen) atoms. The Labute approximate surface area is 453 Å². The van der Waals surface area contributed by atoms with Gasteiger partial charge in [0, 0.05) is 12.8 Å². The van der Waals surface area contributed by atoms with E-state index in [1.165, 1.54) is 167 Å². The van der Waals surface area contributed by atoms with Crippen LogP contribution < -0.4 is 5.32 Å². The molecule has 11 heteroatoms. The van der Waals surface area contributed by atoms with Gasteiger partial charge >= 0.3 is 5.97 Å². The molecule has 0 saturated carbocycles. The summed E-state index contributed by atoms with van der Waals surface area (Å²) in [5.74, 6) is -0.208. The first kappa shape index (κ1) is 69.6. The van der Waals surface area contributed by atoms with E-state index in [1.54, 1.807) is 6.08 Å². The van der Waals surface area contributed by atoms with Gasteiger partial charge in [0.25, 0.3) is 0 Å². The zero-order valence-corrected chi connectivity index (χ0v) is 47.6. The minimum Gasteiger partial charge on any atom is -0.466 e. The Hall–Kier alpha value is -2.38. The van der Waals surface area contributed by atoms with Crippen molar-refractivity contribution in [3.8, 4) is 0 Å². The minimum absolute atomic E-state index is 0.000874. The molecular weight excluding hydrogens is 931 g/mol. The molecule has 6 N–H and O–H groups in total. The summed E-state index contributed by atoms with van der Waals surface area (Å²) in [5, 5.41) is 54.1. The zero-order chi connectivity index (χ0) is 53.8. The maximum atomic E-state index is 13.0. The van der Waals surface area contributed by atoms with Crippen molar-refractivity contribution < 1.29 is 49.3 Å². The van der Waals surface area contributed by atoms with E-state index >= 15 is 0 Å². The first-order chi connectivity index (χ1) is 36.2. The molecule has 0 radical (unpaired) electrons. The summed E-state index contributed by atoms with van der Waals surface area (Å²) in [5.41, 5.74) is 0. The molecule has 7 atom stereocenters. The first-order valence-electron chi connectivity index (χ1n) is 30.9. The van der Waals surface area contributed by atoms with Crippen LogP contribution in [0.5, 0.6) is 0 Å². The molecule has 7 unspecified atom stereocenters. The number of carbonyl (C=O) groups excluding carboxylic acids is 2. The second-order valence-electron chi connectivity index (χ2n) is 21.4. The minimum atomic E-state index is -1.58. The summed E-state index contributed by atoms with van der Waals surface area (Å²) in [7, 11) is 0. The highest BCUT2D eigenvalue weighted by atomic mass is 16.7. The Morgan fingerprint density at radius 3 is 1.42 bits per heavy atom. The van der Waals surface area contributed by atoms with E-state index in [-0.39, 0.29) is 18.5 Å². The summed E-state index contributed by atoms with van der Waals surface area (Å²) in [6.07, 6.45) is 56.8. The molecule has 1 aliphatic heterocycles. The molecule has 0 aliphatic carbocycles. The standard InChI is InChI=1S/C63H115NO10/c1-3-5-7-9-11-13-14-15-24-28-31-35-39-43-47-51-59(68)72-52-48-44-40-36-32-29-26-23-21-19-17-16-18-20-22-25-27-30-34-38-42-46-50-58(67)64-55(56(66)49-45-41-37-33-12-10-8-6-4-2)54-73-63-62(71)61(70)60(69)57(53-65)74-63/h4,6,12,18,20,33,45,49,55-57,60-63,65-66,69-71H,3,5,7-11,13-17,19,21-32,34-44,46-48,50-54H2,1-2H3,(H,64,67)/b6-4+,20-18-,33-12+,49-45+. The average Bonchev–Trinajstić information content (AvgIpc) is 3.40. The normalized spacial score (nSPS) is 19.1. The van der Waals surface area contributed by atoms with Gasteiger partial charge in [-0.1, -0.05) is 235 Å². The van der Waals surface area contributed by atoms with Crippen molar-refractivity contribution in [2.24, 2.45) is 0 Å². The summed E-state index contributed by atoms with van der Waals surface area (Å²) in [6, 6.07) is -0.839. The Kier molecular flexibility index (Phi) is 49.6. The fourth-order valence-electron chi connectivity index (χ4n) is 9.59. The molecule has 0 bridgehead atoms.